The van der Waals surface area contributed by atoms with Gasteiger partial charge in [-0.15, -0.1) is 0 Å². The van der Waals surface area contributed by atoms with E-state index in [2.05, 4.69) is 5.10 Å². The third-order valence-corrected chi connectivity index (χ3v) is 5.59. The van der Waals surface area contributed by atoms with Gasteiger partial charge in [0.05, 0.1) is 24.9 Å². The monoisotopic (exact) mass is 418 g/mol. The molecule has 0 fully saturated rings. The number of methoxy groups -OCH3 is 2. The SMILES string of the molecule is COC1=CC(=O)C[C@@H](C)[C@]1(C=O)Oc1c(C)c(OC)cc(-c2ccn(C)n2)c1Cl. The first kappa shape index (κ1) is 20.9. The molecule has 7 nitrogen and oxygen atoms in total. The Balaban J connectivity index is 2.21. The number of nitrogens with zero attached hydrogens (tertiary/aromatic N) is 2. The van der Waals surface area contributed by atoms with Crippen LogP contribution in [0, 0.1) is 12.8 Å². The highest BCUT2D eigenvalue weighted by Crippen LogP contribution is 2.46. The number of hydrogen-bond acceptors (Lipinski definition) is 6. The molecule has 29 heavy (non-hydrogen) atoms. The number of ether oxygens (including phenoxy) is 3. The third kappa shape index (κ3) is 3.51. The normalized spacial score (nSPS) is 21.5. The van der Waals surface area contributed by atoms with Crippen LogP contribution in [0.3, 0.4) is 0 Å². The van der Waals surface area contributed by atoms with E-state index in [1.165, 1.54) is 13.2 Å². The van der Waals surface area contributed by atoms with Gasteiger partial charge in [-0.25, -0.2) is 0 Å². The lowest BCUT2D eigenvalue weighted by atomic mass is 9.79. The summed E-state index contributed by atoms with van der Waals surface area (Å²) in [6.45, 7) is 3.55. The van der Waals surface area contributed by atoms with Gasteiger partial charge in [-0.1, -0.05) is 18.5 Å². The Bertz CT molecular complexity index is 997. The van der Waals surface area contributed by atoms with Crippen LogP contribution in [0.15, 0.2) is 30.2 Å². The summed E-state index contributed by atoms with van der Waals surface area (Å²) in [7, 11) is 4.75. The van der Waals surface area contributed by atoms with E-state index < -0.39 is 11.5 Å². The summed E-state index contributed by atoms with van der Waals surface area (Å²) in [5.41, 5.74) is 0.381. The molecule has 0 N–H and O–H groups in total. The van der Waals surface area contributed by atoms with Gasteiger partial charge >= 0.3 is 0 Å². The maximum Gasteiger partial charge on any atom is 0.223 e. The van der Waals surface area contributed by atoms with Crippen LogP contribution >= 0.6 is 11.6 Å². The van der Waals surface area contributed by atoms with Gasteiger partial charge in [-0.3, -0.25) is 14.3 Å². The fourth-order valence-electron chi connectivity index (χ4n) is 3.53. The van der Waals surface area contributed by atoms with E-state index in [0.717, 1.165) is 0 Å². The quantitative estimate of drug-likeness (QED) is 0.668. The molecule has 2 atom stereocenters. The summed E-state index contributed by atoms with van der Waals surface area (Å²) in [6, 6.07) is 3.60. The molecule has 0 aliphatic heterocycles. The number of aldehydes is 1. The van der Waals surface area contributed by atoms with Crippen LogP contribution in [0.5, 0.6) is 11.5 Å². The molecule has 1 heterocycles. The van der Waals surface area contributed by atoms with Gasteiger partial charge in [-0.2, -0.15) is 5.10 Å². The fraction of sp³-hybridized carbons (Fsp3) is 0.381. The first-order chi connectivity index (χ1) is 13.8. The van der Waals surface area contributed by atoms with Crippen LogP contribution in [-0.4, -0.2) is 41.7 Å². The highest BCUT2D eigenvalue weighted by molar-refractivity contribution is 6.35. The minimum Gasteiger partial charge on any atom is -0.496 e. The summed E-state index contributed by atoms with van der Waals surface area (Å²) in [6.07, 6.45) is 3.91. The highest BCUT2D eigenvalue weighted by Gasteiger charge is 2.48. The first-order valence-corrected chi connectivity index (χ1v) is 9.46. The molecule has 0 amide bonds. The van der Waals surface area contributed by atoms with E-state index in [1.54, 1.807) is 44.9 Å². The average Bonchev–Trinajstić information content (AvgIpc) is 3.12. The van der Waals surface area contributed by atoms with Crippen LogP contribution in [0.2, 0.25) is 5.02 Å². The number of benzene rings is 1. The largest absolute Gasteiger partial charge is 0.496 e. The zero-order valence-electron chi connectivity index (χ0n) is 17.0. The van der Waals surface area contributed by atoms with Crippen molar-refractivity contribution in [3.05, 3.63) is 40.8 Å². The van der Waals surface area contributed by atoms with E-state index in [-0.39, 0.29) is 23.7 Å². The Morgan fingerprint density at radius 1 is 1.34 bits per heavy atom. The molecule has 1 aliphatic carbocycles. The van der Waals surface area contributed by atoms with E-state index in [9.17, 15) is 9.59 Å². The number of aromatic nitrogens is 2. The maximum absolute atomic E-state index is 12.3. The number of halogens is 1. The van der Waals surface area contributed by atoms with Gasteiger partial charge in [0.1, 0.15) is 11.5 Å². The summed E-state index contributed by atoms with van der Waals surface area (Å²) in [4.78, 5) is 24.3. The summed E-state index contributed by atoms with van der Waals surface area (Å²) in [5.74, 6) is 0.385. The molecule has 0 bridgehead atoms. The second-order valence-electron chi connectivity index (χ2n) is 7.07. The van der Waals surface area contributed by atoms with Crippen molar-refractivity contribution in [3.8, 4) is 22.8 Å². The second kappa shape index (κ2) is 7.91. The number of allylic oxidation sites excluding steroid dienone is 1. The molecule has 154 valence electrons. The lowest BCUT2D eigenvalue weighted by Gasteiger charge is -2.38. The maximum atomic E-state index is 12.3. The first-order valence-electron chi connectivity index (χ1n) is 9.08. The van der Waals surface area contributed by atoms with Gasteiger partial charge in [-0.05, 0) is 19.1 Å². The Hall–Kier alpha value is -2.80. The van der Waals surface area contributed by atoms with Crippen molar-refractivity contribution in [1.29, 1.82) is 0 Å². The minimum atomic E-state index is -1.48. The van der Waals surface area contributed by atoms with Crippen molar-refractivity contribution in [3.63, 3.8) is 0 Å². The summed E-state index contributed by atoms with van der Waals surface area (Å²) >= 11 is 6.72. The molecule has 0 saturated carbocycles. The van der Waals surface area contributed by atoms with Crippen LogP contribution in [0.4, 0.5) is 0 Å². The molecule has 0 unspecified atom stereocenters. The zero-order valence-corrected chi connectivity index (χ0v) is 17.7. The topological polar surface area (TPSA) is 79.7 Å². The Morgan fingerprint density at radius 2 is 2.07 bits per heavy atom. The molecule has 0 radical (unpaired) electrons. The van der Waals surface area contributed by atoms with Crippen LogP contribution in [0.1, 0.15) is 18.9 Å². The molecular weight excluding hydrogens is 396 g/mol. The Labute approximate surface area is 174 Å². The van der Waals surface area contributed by atoms with Crippen LogP contribution in [-0.2, 0) is 21.4 Å². The minimum absolute atomic E-state index is 0.127. The van der Waals surface area contributed by atoms with E-state index in [1.807, 2.05) is 6.07 Å². The van der Waals surface area contributed by atoms with Gasteiger partial charge < -0.3 is 14.2 Å². The van der Waals surface area contributed by atoms with Crippen molar-refractivity contribution >= 4 is 23.7 Å². The molecule has 1 aromatic heterocycles. The van der Waals surface area contributed by atoms with Gasteiger partial charge in [0.2, 0.25) is 5.60 Å². The molecule has 2 aromatic rings. The van der Waals surface area contributed by atoms with Crippen LogP contribution < -0.4 is 9.47 Å². The molecule has 0 saturated heterocycles. The van der Waals surface area contributed by atoms with Gasteiger partial charge in [0, 0.05) is 42.8 Å². The van der Waals surface area contributed by atoms with Crippen molar-refractivity contribution in [2.75, 3.05) is 14.2 Å². The highest BCUT2D eigenvalue weighted by atomic mass is 35.5. The number of carbonyl (C=O) groups is 2. The number of hydrogen-bond donors (Lipinski definition) is 0. The molecular formula is C21H23ClN2O5. The zero-order chi connectivity index (χ0) is 21.3. The van der Waals surface area contributed by atoms with Crippen molar-refractivity contribution in [1.82, 2.24) is 9.78 Å². The average molecular weight is 419 g/mol. The number of aryl methyl sites for hydroxylation is 1. The lowest BCUT2D eigenvalue weighted by Crippen LogP contribution is -2.50. The van der Waals surface area contributed by atoms with Crippen molar-refractivity contribution in [2.24, 2.45) is 13.0 Å². The van der Waals surface area contributed by atoms with E-state index in [4.69, 9.17) is 25.8 Å². The standard InChI is InChI=1S/C21H23ClN2O5/c1-12-8-14(26)9-18(28-5)21(12,11-25)29-20-13(2)17(27-4)10-15(19(20)22)16-6-7-24(3)23-16/h6-7,9-12H,8H2,1-5H3/t12-,21+/m1/s1. The van der Waals surface area contributed by atoms with E-state index in [0.29, 0.717) is 33.9 Å². The molecule has 3 rings (SSSR count). The Kier molecular flexibility index (Phi) is 5.71. The predicted molar refractivity (Wildman–Crippen MR) is 108 cm³/mol. The summed E-state index contributed by atoms with van der Waals surface area (Å²) in [5, 5.41) is 4.69. The van der Waals surface area contributed by atoms with Crippen molar-refractivity contribution < 1.29 is 23.8 Å². The molecule has 1 aliphatic rings. The fourth-order valence-corrected chi connectivity index (χ4v) is 3.86. The second-order valence-corrected chi connectivity index (χ2v) is 7.44. The Morgan fingerprint density at radius 3 is 2.62 bits per heavy atom. The lowest BCUT2D eigenvalue weighted by molar-refractivity contribution is -0.130. The van der Waals surface area contributed by atoms with Gasteiger partial charge in [0.15, 0.2) is 17.8 Å². The molecule has 1 aromatic carbocycles. The molecule has 0 spiro atoms. The predicted octanol–water partition coefficient (Wildman–Crippen LogP) is 3.51. The van der Waals surface area contributed by atoms with Crippen molar-refractivity contribution in [2.45, 2.75) is 25.9 Å². The van der Waals surface area contributed by atoms with Gasteiger partial charge in [0.25, 0.3) is 0 Å². The number of rotatable bonds is 6. The summed E-state index contributed by atoms with van der Waals surface area (Å²) < 4.78 is 18.8. The van der Waals surface area contributed by atoms with E-state index >= 15 is 0 Å². The number of carbonyl (C=O) groups excluding carboxylic acids is 2. The molecule has 8 heteroatoms. The number of ketones is 1. The van der Waals surface area contributed by atoms with Crippen LogP contribution in [0.25, 0.3) is 11.3 Å². The smallest absolute Gasteiger partial charge is 0.223 e. The third-order valence-electron chi connectivity index (χ3n) is 5.21.